The van der Waals surface area contributed by atoms with Crippen LogP contribution in [0.15, 0.2) is 53.6 Å². The lowest BCUT2D eigenvalue weighted by Crippen LogP contribution is -2.35. The van der Waals surface area contributed by atoms with Crippen LogP contribution in [0.25, 0.3) is 16.9 Å². The van der Waals surface area contributed by atoms with Gasteiger partial charge in [0.05, 0.1) is 35.4 Å². The van der Waals surface area contributed by atoms with E-state index in [1.54, 1.807) is 42.6 Å². The second kappa shape index (κ2) is 7.50. The van der Waals surface area contributed by atoms with Crippen LogP contribution in [0, 0.1) is 11.3 Å². The van der Waals surface area contributed by atoms with Gasteiger partial charge in [0.1, 0.15) is 0 Å². The van der Waals surface area contributed by atoms with Crippen molar-refractivity contribution in [2.24, 2.45) is 0 Å². The molecule has 140 valence electrons. The van der Waals surface area contributed by atoms with E-state index in [0.717, 1.165) is 6.42 Å². The van der Waals surface area contributed by atoms with Crippen LogP contribution < -0.4 is 10.9 Å². The summed E-state index contributed by atoms with van der Waals surface area (Å²) in [7, 11) is 0. The van der Waals surface area contributed by atoms with Gasteiger partial charge in [0, 0.05) is 19.0 Å². The summed E-state index contributed by atoms with van der Waals surface area (Å²) in [4.78, 5) is 29.2. The van der Waals surface area contributed by atoms with Gasteiger partial charge in [-0.05, 0) is 36.2 Å². The zero-order valence-electron chi connectivity index (χ0n) is 14.9. The fourth-order valence-corrected chi connectivity index (χ4v) is 3.04. The Bertz CT molecular complexity index is 1080. The Morgan fingerprint density at radius 3 is 2.75 bits per heavy atom. The molecule has 1 aliphatic rings. The summed E-state index contributed by atoms with van der Waals surface area (Å²) in [5.41, 5.74) is 1.85. The highest BCUT2D eigenvalue weighted by molar-refractivity contribution is 5.94. The third kappa shape index (κ3) is 3.43. The average molecular weight is 375 g/mol. The Balaban J connectivity index is 1.54. The molecule has 1 fully saturated rings. The third-order valence-corrected chi connectivity index (χ3v) is 4.60. The molecule has 4 rings (SSSR count). The highest BCUT2D eigenvalue weighted by atomic mass is 16.5. The Kier molecular flexibility index (Phi) is 4.74. The first-order valence-electron chi connectivity index (χ1n) is 8.82. The highest BCUT2D eigenvalue weighted by Crippen LogP contribution is 2.16. The normalized spacial score (nSPS) is 15.9. The molecule has 3 aromatic rings. The maximum Gasteiger partial charge on any atom is 0.280 e. The van der Waals surface area contributed by atoms with Crippen molar-refractivity contribution in [3.8, 4) is 23.0 Å². The summed E-state index contributed by atoms with van der Waals surface area (Å²) < 4.78 is 6.55. The number of rotatable bonds is 4. The lowest BCUT2D eigenvalue weighted by Gasteiger charge is -2.10. The lowest BCUT2D eigenvalue weighted by molar-refractivity contribution is 0.0929. The van der Waals surface area contributed by atoms with Crippen LogP contribution in [0.3, 0.4) is 0 Å². The van der Waals surface area contributed by atoms with E-state index in [9.17, 15) is 9.59 Å². The molecule has 0 saturated carbocycles. The number of carbonyl (C=O) groups is 1. The van der Waals surface area contributed by atoms with Gasteiger partial charge in [-0.1, -0.05) is 12.1 Å². The Morgan fingerprint density at radius 2 is 2.11 bits per heavy atom. The molecule has 1 aliphatic heterocycles. The number of ether oxygens (including phenoxy) is 1. The smallest absolute Gasteiger partial charge is 0.280 e. The van der Waals surface area contributed by atoms with Crippen LogP contribution in [-0.2, 0) is 4.74 Å². The minimum absolute atomic E-state index is 0.0215. The van der Waals surface area contributed by atoms with E-state index in [0.29, 0.717) is 41.3 Å². The summed E-state index contributed by atoms with van der Waals surface area (Å²) in [6.07, 6.45) is 3.83. The molecule has 0 bridgehead atoms. The first-order chi connectivity index (χ1) is 13.7. The van der Waals surface area contributed by atoms with Gasteiger partial charge in [-0.25, -0.2) is 9.67 Å². The molecule has 1 amide bonds. The van der Waals surface area contributed by atoms with Crippen LogP contribution in [0.4, 0.5) is 0 Å². The Morgan fingerprint density at radius 1 is 1.29 bits per heavy atom. The van der Waals surface area contributed by atoms with Crippen molar-refractivity contribution in [3.05, 3.63) is 70.3 Å². The van der Waals surface area contributed by atoms with E-state index in [2.05, 4.69) is 15.4 Å². The maximum absolute atomic E-state index is 12.7. The van der Waals surface area contributed by atoms with E-state index < -0.39 is 0 Å². The SMILES string of the molecule is N#Cc1ccc(-c2c[nH]n(-c3ccc(C(=O)N[C@@H]4CCOC4)cn3)c2=O)cc1. The van der Waals surface area contributed by atoms with Crippen LogP contribution >= 0.6 is 0 Å². The summed E-state index contributed by atoms with van der Waals surface area (Å²) in [6, 6.07) is 12.1. The molecule has 0 unspecified atom stereocenters. The average Bonchev–Trinajstić information content (AvgIpc) is 3.38. The first-order valence-corrected chi connectivity index (χ1v) is 8.82. The van der Waals surface area contributed by atoms with E-state index >= 15 is 0 Å². The lowest BCUT2D eigenvalue weighted by atomic mass is 10.1. The second-order valence-electron chi connectivity index (χ2n) is 6.46. The van der Waals surface area contributed by atoms with E-state index in [1.165, 1.54) is 10.9 Å². The van der Waals surface area contributed by atoms with Gasteiger partial charge in [-0.2, -0.15) is 5.26 Å². The number of hydrogen-bond acceptors (Lipinski definition) is 5. The van der Waals surface area contributed by atoms with Gasteiger partial charge in [-0.15, -0.1) is 0 Å². The van der Waals surface area contributed by atoms with Crippen molar-refractivity contribution in [2.75, 3.05) is 13.2 Å². The Labute approximate surface area is 160 Å². The number of aromatic amines is 1. The molecule has 0 spiro atoms. The van der Waals surface area contributed by atoms with Gasteiger partial charge in [0.25, 0.3) is 11.5 Å². The largest absolute Gasteiger partial charge is 0.379 e. The molecule has 0 aliphatic carbocycles. The fourth-order valence-electron chi connectivity index (χ4n) is 3.04. The molecule has 8 heteroatoms. The zero-order chi connectivity index (χ0) is 19.5. The van der Waals surface area contributed by atoms with Crippen molar-refractivity contribution in [3.63, 3.8) is 0 Å². The summed E-state index contributed by atoms with van der Waals surface area (Å²) >= 11 is 0. The van der Waals surface area contributed by atoms with Crippen molar-refractivity contribution in [1.29, 1.82) is 5.26 Å². The minimum Gasteiger partial charge on any atom is -0.379 e. The van der Waals surface area contributed by atoms with Crippen LogP contribution in [0.2, 0.25) is 0 Å². The van der Waals surface area contributed by atoms with Gasteiger partial charge in [0.2, 0.25) is 0 Å². The number of nitrogens with one attached hydrogen (secondary N) is 2. The molecule has 2 N–H and O–H groups in total. The maximum atomic E-state index is 12.7. The van der Waals surface area contributed by atoms with Crippen LogP contribution in [-0.4, -0.2) is 39.9 Å². The number of pyridine rings is 1. The predicted octanol–water partition coefficient (Wildman–Crippen LogP) is 1.62. The summed E-state index contributed by atoms with van der Waals surface area (Å²) in [5, 5.41) is 14.7. The van der Waals surface area contributed by atoms with E-state index in [-0.39, 0.29) is 17.5 Å². The number of nitriles is 1. The number of H-pyrrole nitrogens is 1. The number of aromatic nitrogens is 3. The van der Waals surface area contributed by atoms with Crippen molar-refractivity contribution < 1.29 is 9.53 Å². The van der Waals surface area contributed by atoms with Crippen LogP contribution in [0.1, 0.15) is 22.3 Å². The van der Waals surface area contributed by atoms with E-state index in [1.807, 2.05) is 6.07 Å². The molecule has 3 heterocycles. The molecule has 1 atom stereocenters. The van der Waals surface area contributed by atoms with Crippen molar-refractivity contribution in [1.82, 2.24) is 20.1 Å². The minimum atomic E-state index is -0.266. The summed E-state index contributed by atoms with van der Waals surface area (Å²) in [6.45, 7) is 1.17. The molecular weight excluding hydrogens is 358 g/mol. The molecule has 1 saturated heterocycles. The third-order valence-electron chi connectivity index (χ3n) is 4.60. The standard InChI is InChI=1S/C20H17N5O3/c21-9-13-1-3-14(4-2-13)17-11-23-25(20(17)27)18-6-5-15(10-22-18)19(26)24-16-7-8-28-12-16/h1-6,10-11,16,23H,7-8,12H2,(H,24,26)/t16-/m1/s1. The molecule has 28 heavy (non-hydrogen) atoms. The van der Waals surface area contributed by atoms with Crippen molar-refractivity contribution in [2.45, 2.75) is 12.5 Å². The number of amides is 1. The van der Waals surface area contributed by atoms with Gasteiger partial charge in [-0.3, -0.25) is 14.7 Å². The van der Waals surface area contributed by atoms with Gasteiger partial charge < -0.3 is 10.1 Å². The topological polar surface area (TPSA) is 113 Å². The monoisotopic (exact) mass is 375 g/mol. The van der Waals surface area contributed by atoms with Crippen molar-refractivity contribution >= 4 is 5.91 Å². The second-order valence-corrected chi connectivity index (χ2v) is 6.46. The molecule has 8 nitrogen and oxygen atoms in total. The molecule has 1 aromatic carbocycles. The van der Waals surface area contributed by atoms with E-state index in [4.69, 9.17) is 10.00 Å². The zero-order valence-corrected chi connectivity index (χ0v) is 14.9. The van der Waals surface area contributed by atoms with Gasteiger partial charge in [0.15, 0.2) is 5.82 Å². The molecule has 2 aromatic heterocycles. The van der Waals surface area contributed by atoms with Gasteiger partial charge >= 0.3 is 0 Å². The molecule has 0 radical (unpaired) electrons. The number of benzene rings is 1. The number of carbonyl (C=O) groups excluding carboxylic acids is 1. The number of nitrogens with zero attached hydrogens (tertiary/aromatic N) is 3. The first kappa shape index (κ1) is 17.7. The molecular formula is C20H17N5O3. The fraction of sp³-hybridized carbons (Fsp3) is 0.200. The van der Waals surface area contributed by atoms with Crippen LogP contribution in [0.5, 0.6) is 0 Å². The predicted molar refractivity (Wildman–Crippen MR) is 101 cm³/mol. The highest BCUT2D eigenvalue weighted by Gasteiger charge is 2.19. The quantitative estimate of drug-likeness (QED) is 0.719. The Hall–Kier alpha value is -3.70. The summed E-state index contributed by atoms with van der Waals surface area (Å²) in [5.74, 6) is 0.164. The number of hydrogen-bond donors (Lipinski definition) is 2.